The van der Waals surface area contributed by atoms with E-state index >= 15 is 0 Å². The zero-order chi connectivity index (χ0) is 17.0. The highest BCUT2D eigenvalue weighted by Crippen LogP contribution is 2.24. The first-order valence-electron chi connectivity index (χ1n) is 7.17. The molecule has 5 nitrogen and oxygen atoms in total. The number of hydrogen-bond acceptors (Lipinski definition) is 5. The van der Waals surface area contributed by atoms with Crippen molar-refractivity contribution in [1.82, 2.24) is 0 Å². The van der Waals surface area contributed by atoms with Crippen molar-refractivity contribution in [1.29, 1.82) is 0 Å². The summed E-state index contributed by atoms with van der Waals surface area (Å²) in [6, 6.07) is 12.5. The van der Waals surface area contributed by atoms with Gasteiger partial charge in [0.05, 0.1) is 9.79 Å². The lowest BCUT2D eigenvalue weighted by molar-refractivity contribution is -0.131. The van der Waals surface area contributed by atoms with Gasteiger partial charge in [-0.15, -0.1) is 0 Å². The first-order chi connectivity index (χ1) is 10.8. The quantitative estimate of drug-likeness (QED) is 0.670. The van der Waals surface area contributed by atoms with Crippen molar-refractivity contribution in [3.8, 4) is 5.75 Å². The molecule has 0 saturated carbocycles. The maximum Gasteiger partial charge on any atom is 0.308 e. The minimum Gasteiger partial charge on any atom is -0.427 e. The lowest BCUT2D eigenvalue weighted by atomic mass is 10.1. The molecule has 1 atom stereocenters. The van der Waals surface area contributed by atoms with Gasteiger partial charge in [0.25, 0.3) is 0 Å². The summed E-state index contributed by atoms with van der Waals surface area (Å²) in [5.41, 5.74) is 6.72. The summed E-state index contributed by atoms with van der Waals surface area (Å²) in [5.74, 6) is -0.299. The van der Waals surface area contributed by atoms with Gasteiger partial charge in [-0.05, 0) is 49.2 Å². The van der Waals surface area contributed by atoms with Gasteiger partial charge in [-0.2, -0.15) is 0 Å². The molecule has 0 aromatic heterocycles. The van der Waals surface area contributed by atoms with Gasteiger partial charge < -0.3 is 10.5 Å². The summed E-state index contributed by atoms with van der Waals surface area (Å²) < 4.78 is 30.2. The third-order valence-electron chi connectivity index (χ3n) is 3.17. The van der Waals surface area contributed by atoms with Crippen LogP contribution in [0.2, 0.25) is 0 Å². The molecule has 2 aromatic rings. The molecule has 2 rings (SSSR count). The van der Waals surface area contributed by atoms with E-state index in [1.807, 2.05) is 6.92 Å². The SMILES string of the molecule is CC(=O)Oc1cccc(S(=O)(=O)c2ccc(C[C@@H](C)N)cc2)c1. The molecule has 0 aliphatic heterocycles. The van der Waals surface area contributed by atoms with Crippen LogP contribution in [-0.4, -0.2) is 20.4 Å². The van der Waals surface area contributed by atoms with E-state index in [0.717, 1.165) is 5.56 Å². The molecule has 0 saturated heterocycles. The molecular weight excluding hydrogens is 314 g/mol. The fourth-order valence-corrected chi connectivity index (χ4v) is 3.48. The van der Waals surface area contributed by atoms with Gasteiger partial charge in [0.15, 0.2) is 0 Å². The molecule has 0 spiro atoms. The average molecular weight is 333 g/mol. The Bertz CT molecular complexity index is 796. The largest absolute Gasteiger partial charge is 0.427 e. The number of hydrogen-bond donors (Lipinski definition) is 1. The van der Waals surface area contributed by atoms with E-state index in [0.29, 0.717) is 6.42 Å². The second-order valence-corrected chi connectivity index (χ2v) is 7.35. The van der Waals surface area contributed by atoms with E-state index in [2.05, 4.69) is 0 Å². The van der Waals surface area contributed by atoms with Crippen LogP contribution in [0.1, 0.15) is 19.4 Å². The fourth-order valence-electron chi connectivity index (χ4n) is 2.18. The zero-order valence-corrected chi connectivity index (χ0v) is 13.8. The topological polar surface area (TPSA) is 86.5 Å². The molecule has 2 N–H and O–H groups in total. The summed E-state index contributed by atoms with van der Waals surface area (Å²) in [6.07, 6.45) is 0.683. The summed E-state index contributed by atoms with van der Waals surface area (Å²) in [7, 11) is -3.67. The van der Waals surface area contributed by atoms with Gasteiger partial charge in [-0.1, -0.05) is 18.2 Å². The second kappa shape index (κ2) is 6.93. The summed E-state index contributed by atoms with van der Waals surface area (Å²) >= 11 is 0. The minimum absolute atomic E-state index is 0.0119. The van der Waals surface area contributed by atoms with E-state index in [-0.39, 0.29) is 21.6 Å². The Morgan fingerprint density at radius 3 is 2.35 bits per heavy atom. The Labute approximate surface area is 136 Å². The molecule has 0 amide bonds. The fraction of sp³-hybridized carbons (Fsp3) is 0.235. The van der Waals surface area contributed by atoms with Crippen molar-refractivity contribution in [2.24, 2.45) is 5.73 Å². The highest BCUT2D eigenvalue weighted by atomic mass is 32.2. The highest BCUT2D eigenvalue weighted by Gasteiger charge is 2.18. The molecular formula is C17H19NO4S. The first-order valence-corrected chi connectivity index (χ1v) is 8.65. The lowest BCUT2D eigenvalue weighted by Gasteiger charge is -2.09. The molecule has 0 radical (unpaired) electrons. The molecule has 6 heteroatoms. The maximum atomic E-state index is 12.6. The Morgan fingerprint density at radius 2 is 1.78 bits per heavy atom. The minimum atomic E-state index is -3.67. The number of sulfone groups is 1. The predicted molar refractivity (Wildman–Crippen MR) is 87.0 cm³/mol. The first kappa shape index (κ1) is 17.2. The van der Waals surface area contributed by atoms with Crippen LogP contribution in [-0.2, 0) is 21.1 Å². The second-order valence-electron chi connectivity index (χ2n) is 5.40. The molecule has 2 aromatic carbocycles. The van der Waals surface area contributed by atoms with E-state index in [1.165, 1.54) is 31.2 Å². The number of carbonyl (C=O) groups excluding carboxylic acids is 1. The molecule has 0 unspecified atom stereocenters. The number of carbonyl (C=O) groups is 1. The molecule has 23 heavy (non-hydrogen) atoms. The molecule has 0 aliphatic rings. The monoisotopic (exact) mass is 333 g/mol. The van der Waals surface area contributed by atoms with E-state index in [1.54, 1.807) is 24.3 Å². The van der Waals surface area contributed by atoms with Crippen molar-refractivity contribution in [2.75, 3.05) is 0 Å². The van der Waals surface area contributed by atoms with Crippen LogP contribution in [0.4, 0.5) is 0 Å². The van der Waals surface area contributed by atoms with Crippen LogP contribution in [0.15, 0.2) is 58.3 Å². The number of nitrogens with two attached hydrogens (primary N) is 1. The Hall–Kier alpha value is -2.18. The molecule has 122 valence electrons. The third kappa shape index (κ3) is 4.40. The van der Waals surface area contributed by atoms with Gasteiger partial charge in [0.1, 0.15) is 5.75 Å². The molecule has 0 heterocycles. The average Bonchev–Trinajstić information content (AvgIpc) is 2.47. The third-order valence-corrected chi connectivity index (χ3v) is 4.94. The van der Waals surface area contributed by atoms with Crippen LogP contribution < -0.4 is 10.5 Å². The van der Waals surface area contributed by atoms with Crippen molar-refractivity contribution in [2.45, 2.75) is 36.1 Å². The van der Waals surface area contributed by atoms with Gasteiger partial charge in [0.2, 0.25) is 9.84 Å². The number of esters is 1. The predicted octanol–water partition coefficient (Wildman–Crippen LogP) is 2.33. The summed E-state index contributed by atoms with van der Waals surface area (Å²) in [4.78, 5) is 11.3. The van der Waals surface area contributed by atoms with E-state index in [4.69, 9.17) is 10.5 Å². The number of ether oxygens (including phenoxy) is 1. The van der Waals surface area contributed by atoms with E-state index < -0.39 is 15.8 Å². The van der Waals surface area contributed by atoms with Crippen molar-refractivity contribution < 1.29 is 17.9 Å². The van der Waals surface area contributed by atoms with Crippen molar-refractivity contribution in [3.63, 3.8) is 0 Å². The lowest BCUT2D eigenvalue weighted by Crippen LogP contribution is -2.17. The van der Waals surface area contributed by atoms with Crippen LogP contribution in [0.25, 0.3) is 0 Å². The van der Waals surface area contributed by atoms with Crippen molar-refractivity contribution >= 4 is 15.8 Å². The van der Waals surface area contributed by atoms with Crippen LogP contribution in [0, 0.1) is 0 Å². The van der Waals surface area contributed by atoms with E-state index in [9.17, 15) is 13.2 Å². The standard InChI is InChI=1S/C17H19NO4S/c1-12(18)10-14-6-8-16(9-7-14)23(20,21)17-5-3-4-15(11-17)22-13(2)19/h3-9,11-12H,10,18H2,1-2H3/t12-/m1/s1. The Morgan fingerprint density at radius 1 is 1.13 bits per heavy atom. The summed E-state index contributed by atoms with van der Waals surface area (Å²) in [5, 5.41) is 0. The van der Waals surface area contributed by atoms with Crippen LogP contribution >= 0.6 is 0 Å². The zero-order valence-electron chi connectivity index (χ0n) is 13.0. The Kier molecular flexibility index (Phi) is 5.18. The van der Waals surface area contributed by atoms with Crippen LogP contribution in [0.3, 0.4) is 0 Å². The van der Waals surface area contributed by atoms with Gasteiger partial charge >= 0.3 is 5.97 Å². The maximum absolute atomic E-state index is 12.6. The summed E-state index contributed by atoms with van der Waals surface area (Å²) in [6.45, 7) is 3.16. The van der Waals surface area contributed by atoms with Gasteiger partial charge in [-0.3, -0.25) is 4.79 Å². The highest BCUT2D eigenvalue weighted by molar-refractivity contribution is 7.91. The smallest absolute Gasteiger partial charge is 0.308 e. The van der Waals surface area contributed by atoms with Gasteiger partial charge in [-0.25, -0.2) is 8.42 Å². The number of benzene rings is 2. The molecule has 0 aliphatic carbocycles. The Balaban J connectivity index is 2.32. The number of rotatable bonds is 5. The molecule has 0 fully saturated rings. The normalized spacial score (nSPS) is 12.7. The van der Waals surface area contributed by atoms with Crippen LogP contribution in [0.5, 0.6) is 5.75 Å². The van der Waals surface area contributed by atoms with Crippen molar-refractivity contribution in [3.05, 3.63) is 54.1 Å². The molecule has 0 bridgehead atoms. The van der Waals surface area contributed by atoms with Gasteiger partial charge in [0, 0.05) is 13.0 Å².